The molecule has 1 heterocycles. The summed E-state index contributed by atoms with van der Waals surface area (Å²) >= 11 is 0. The van der Waals surface area contributed by atoms with Crippen molar-refractivity contribution < 1.29 is 14.7 Å². The van der Waals surface area contributed by atoms with Gasteiger partial charge < -0.3 is 15.7 Å². The van der Waals surface area contributed by atoms with Gasteiger partial charge in [0.15, 0.2) is 0 Å². The third-order valence-corrected chi connectivity index (χ3v) is 2.81. The molecule has 2 rings (SSSR count). The third kappa shape index (κ3) is 4.61. The van der Waals surface area contributed by atoms with Gasteiger partial charge in [0.1, 0.15) is 6.04 Å². The number of carbonyl (C=O) groups excluding carboxylic acids is 1. The minimum Gasteiger partial charge on any atom is -0.480 e. The lowest BCUT2D eigenvalue weighted by molar-refractivity contribution is -0.139. The molecule has 0 bridgehead atoms. The largest absolute Gasteiger partial charge is 0.480 e. The molecule has 0 fully saturated rings. The minimum atomic E-state index is -1.08. The Morgan fingerprint density at radius 3 is 2.52 bits per heavy atom. The highest BCUT2D eigenvalue weighted by atomic mass is 16.4. The molecule has 0 aliphatic carbocycles. The van der Waals surface area contributed by atoms with Crippen LogP contribution < -0.4 is 10.6 Å². The fourth-order valence-electron chi connectivity index (χ4n) is 1.81. The van der Waals surface area contributed by atoms with Crippen LogP contribution in [-0.2, 0) is 11.2 Å². The normalized spacial score (nSPS) is 11.4. The van der Waals surface area contributed by atoms with E-state index in [2.05, 4.69) is 15.6 Å². The smallest absolute Gasteiger partial charge is 0.326 e. The number of urea groups is 1. The van der Waals surface area contributed by atoms with Crippen molar-refractivity contribution in [2.75, 3.05) is 5.32 Å². The molecule has 0 spiro atoms. The van der Waals surface area contributed by atoms with Crippen LogP contribution in [0.5, 0.6) is 0 Å². The van der Waals surface area contributed by atoms with Gasteiger partial charge in [-0.05, 0) is 17.7 Å². The molecule has 108 valence electrons. The van der Waals surface area contributed by atoms with Crippen molar-refractivity contribution in [3.8, 4) is 0 Å². The van der Waals surface area contributed by atoms with E-state index < -0.39 is 18.0 Å². The van der Waals surface area contributed by atoms with Crippen molar-refractivity contribution in [2.24, 2.45) is 0 Å². The number of aliphatic carboxylic acids is 1. The van der Waals surface area contributed by atoms with Crippen molar-refractivity contribution in [1.82, 2.24) is 10.3 Å². The highest BCUT2D eigenvalue weighted by molar-refractivity contribution is 5.92. The second-order valence-corrected chi connectivity index (χ2v) is 4.42. The zero-order chi connectivity index (χ0) is 15.1. The lowest BCUT2D eigenvalue weighted by atomic mass is 10.1. The average molecular weight is 285 g/mol. The van der Waals surface area contributed by atoms with Gasteiger partial charge in [0.05, 0.1) is 11.9 Å². The van der Waals surface area contributed by atoms with Gasteiger partial charge in [-0.3, -0.25) is 4.98 Å². The van der Waals surface area contributed by atoms with Gasteiger partial charge in [-0.1, -0.05) is 30.3 Å². The number of hydrogen-bond donors (Lipinski definition) is 3. The van der Waals surface area contributed by atoms with Crippen molar-refractivity contribution in [3.05, 3.63) is 60.4 Å². The summed E-state index contributed by atoms with van der Waals surface area (Å²) in [5.41, 5.74) is 1.34. The third-order valence-electron chi connectivity index (χ3n) is 2.81. The summed E-state index contributed by atoms with van der Waals surface area (Å²) < 4.78 is 0. The Kier molecular flexibility index (Phi) is 4.87. The summed E-state index contributed by atoms with van der Waals surface area (Å²) in [7, 11) is 0. The van der Waals surface area contributed by atoms with E-state index in [1.54, 1.807) is 18.3 Å². The quantitative estimate of drug-likeness (QED) is 0.782. The second-order valence-electron chi connectivity index (χ2n) is 4.42. The van der Waals surface area contributed by atoms with E-state index in [0.717, 1.165) is 5.56 Å². The van der Waals surface area contributed by atoms with E-state index in [9.17, 15) is 14.7 Å². The van der Waals surface area contributed by atoms with E-state index in [1.807, 2.05) is 30.3 Å². The average Bonchev–Trinajstić information content (AvgIpc) is 2.48. The molecule has 3 N–H and O–H groups in total. The number of carboxylic acid groups (broad SMARTS) is 1. The Morgan fingerprint density at radius 2 is 1.90 bits per heavy atom. The van der Waals surface area contributed by atoms with E-state index in [-0.39, 0.29) is 6.42 Å². The van der Waals surface area contributed by atoms with Crippen LogP contribution in [0.15, 0.2) is 54.9 Å². The van der Waals surface area contributed by atoms with Crippen LogP contribution in [0.25, 0.3) is 0 Å². The SMILES string of the molecule is O=C(Nc1cccnc1)N[C@H](Cc1ccccc1)C(=O)O. The van der Waals surface area contributed by atoms with Crippen LogP contribution in [0.2, 0.25) is 0 Å². The fourth-order valence-corrected chi connectivity index (χ4v) is 1.81. The zero-order valence-electron chi connectivity index (χ0n) is 11.2. The van der Waals surface area contributed by atoms with Gasteiger partial charge in [-0.15, -0.1) is 0 Å². The lowest BCUT2D eigenvalue weighted by Gasteiger charge is -2.15. The summed E-state index contributed by atoms with van der Waals surface area (Å²) in [5.74, 6) is -1.08. The van der Waals surface area contributed by atoms with Crippen molar-refractivity contribution in [1.29, 1.82) is 0 Å². The Labute approximate surface area is 121 Å². The molecule has 0 aliphatic rings. The van der Waals surface area contributed by atoms with Crippen LogP contribution in [0, 0.1) is 0 Å². The van der Waals surface area contributed by atoms with Gasteiger partial charge in [-0.2, -0.15) is 0 Å². The molecule has 0 aliphatic heterocycles. The predicted octanol–water partition coefficient (Wildman–Crippen LogP) is 1.90. The van der Waals surface area contributed by atoms with E-state index in [1.165, 1.54) is 6.20 Å². The van der Waals surface area contributed by atoms with E-state index >= 15 is 0 Å². The monoisotopic (exact) mass is 285 g/mol. The highest BCUT2D eigenvalue weighted by Gasteiger charge is 2.20. The second kappa shape index (κ2) is 7.04. The van der Waals surface area contributed by atoms with E-state index in [4.69, 9.17) is 0 Å². The molecule has 0 saturated carbocycles. The number of pyridine rings is 1. The van der Waals surface area contributed by atoms with Gasteiger partial charge in [0.25, 0.3) is 0 Å². The Bertz CT molecular complexity index is 602. The molecular weight excluding hydrogens is 270 g/mol. The van der Waals surface area contributed by atoms with Gasteiger partial charge in [0.2, 0.25) is 0 Å². The molecule has 2 aromatic rings. The van der Waals surface area contributed by atoms with Crippen LogP contribution in [0.3, 0.4) is 0 Å². The Hall–Kier alpha value is -2.89. The number of benzene rings is 1. The summed E-state index contributed by atoms with van der Waals surface area (Å²) in [6.07, 6.45) is 3.28. The number of carboxylic acids is 1. The van der Waals surface area contributed by atoms with Crippen LogP contribution >= 0.6 is 0 Å². The summed E-state index contributed by atoms with van der Waals surface area (Å²) in [6, 6.07) is 10.9. The fraction of sp³-hybridized carbons (Fsp3) is 0.133. The Morgan fingerprint density at radius 1 is 1.14 bits per heavy atom. The number of rotatable bonds is 5. The van der Waals surface area contributed by atoms with Crippen LogP contribution in [0.1, 0.15) is 5.56 Å². The molecule has 21 heavy (non-hydrogen) atoms. The predicted molar refractivity (Wildman–Crippen MR) is 78.0 cm³/mol. The molecule has 1 atom stereocenters. The first-order valence-corrected chi connectivity index (χ1v) is 6.39. The number of hydrogen-bond acceptors (Lipinski definition) is 3. The van der Waals surface area contributed by atoms with E-state index in [0.29, 0.717) is 5.69 Å². The van der Waals surface area contributed by atoms with Crippen molar-refractivity contribution >= 4 is 17.7 Å². The maximum atomic E-state index is 11.8. The first-order valence-electron chi connectivity index (χ1n) is 6.39. The number of amides is 2. The maximum Gasteiger partial charge on any atom is 0.326 e. The van der Waals surface area contributed by atoms with Crippen molar-refractivity contribution in [2.45, 2.75) is 12.5 Å². The first kappa shape index (κ1) is 14.5. The first-order chi connectivity index (χ1) is 10.1. The number of nitrogens with zero attached hydrogens (tertiary/aromatic N) is 1. The Balaban J connectivity index is 1.96. The number of aromatic nitrogens is 1. The van der Waals surface area contributed by atoms with Gasteiger partial charge in [0, 0.05) is 12.6 Å². The molecule has 6 nitrogen and oxygen atoms in total. The number of carbonyl (C=O) groups is 2. The summed E-state index contributed by atoms with van der Waals surface area (Å²) in [6.45, 7) is 0. The highest BCUT2D eigenvalue weighted by Crippen LogP contribution is 2.05. The summed E-state index contributed by atoms with van der Waals surface area (Å²) in [4.78, 5) is 26.9. The molecule has 1 aromatic carbocycles. The molecule has 2 amide bonds. The van der Waals surface area contributed by atoms with Crippen LogP contribution in [-0.4, -0.2) is 28.1 Å². The molecule has 0 unspecified atom stereocenters. The standard InChI is InChI=1S/C15H15N3O3/c19-14(20)13(9-11-5-2-1-3-6-11)18-15(21)17-12-7-4-8-16-10-12/h1-8,10,13H,9H2,(H,19,20)(H2,17,18,21)/t13-/m1/s1. The molecule has 6 heteroatoms. The van der Waals surface area contributed by atoms with Crippen LogP contribution in [0.4, 0.5) is 10.5 Å². The number of anilines is 1. The van der Waals surface area contributed by atoms with Gasteiger partial charge in [-0.25, -0.2) is 9.59 Å². The molecular formula is C15H15N3O3. The minimum absolute atomic E-state index is 0.219. The molecule has 0 saturated heterocycles. The number of nitrogens with one attached hydrogen (secondary N) is 2. The molecule has 1 aromatic heterocycles. The topological polar surface area (TPSA) is 91.3 Å². The maximum absolute atomic E-state index is 11.8. The molecule has 0 radical (unpaired) electrons. The lowest BCUT2D eigenvalue weighted by Crippen LogP contribution is -2.44. The van der Waals surface area contributed by atoms with Crippen molar-refractivity contribution in [3.63, 3.8) is 0 Å². The zero-order valence-corrected chi connectivity index (χ0v) is 11.2. The summed E-state index contributed by atoms with van der Waals surface area (Å²) in [5, 5.41) is 14.2. The van der Waals surface area contributed by atoms with Gasteiger partial charge >= 0.3 is 12.0 Å².